The predicted octanol–water partition coefficient (Wildman–Crippen LogP) is -0.397. The molecule has 0 aromatic heterocycles. The monoisotopic (exact) mass is 312 g/mol. The summed E-state index contributed by atoms with van der Waals surface area (Å²) in [6.45, 7) is 6.67. The zero-order valence-electron chi connectivity index (χ0n) is 13.7. The average Bonchev–Trinajstić information content (AvgIpc) is 2.51. The Morgan fingerprint density at radius 3 is 2.23 bits per heavy atom. The van der Waals surface area contributed by atoms with Gasteiger partial charge in [0.05, 0.1) is 12.6 Å². The van der Waals surface area contributed by atoms with Crippen molar-refractivity contribution in [2.45, 2.75) is 52.1 Å². The molecule has 4 N–H and O–H groups in total. The number of carbonyl (C=O) groups excluding carboxylic acids is 3. The number of hydrogen-bond acceptors (Lipinski definition) is 4. The minimum Gasteiger partial charge on any atom is -0.346 e. The van der Waals surface area contributed by atoms with Crippen LogP contribution in [0.5, 0.6) is 0 Å². The molecule has 1 rings (SSSR count). The van der Waals surface area contributed by atoms with Crippen molar-refractivity contribution in [1.29, 1.82) is 0 Å². The smallest absolute Gasteiger partial charge is 0.244 e. The van der Waals surface area contributed by atoms with Crippen molar-refractivity contribution in [1.82, 2.24) is 15.5 Å². The van der Waals surface area contributed by atoms with E-state index in [0.717, 1.165) is 32.4 Å². The number of amides is 3. The summed E-state index contributed by atoms with van der Waals surface area (Å²) in [4.78, 5) is 37.4. The fourth-order valence-electron chi connectivity index (χ4n) is 2.33. The second kappa shape index (κ2) is 8.73. The number of hydrogen-bond donors (Lipinski definition) is 3. The van der Waals surface area contributed by atoms with Gasteiger partial charge >= 0.3 is 0 Å². The molecule has 1 aliphatic rings. The third kappa shape index (κ3) is 5.63. The van der Waals surface area contributed by atoms with Gasteiger partial charge in [-0.05, 0) is 32.1 Å². The van der Waals surface area contributed by atoms with Gasteiger partial charge in [-0.2, -0.15) is 0 Å². The molecule has 2 atom stereocenters. The molecule has 0 aromatic rings. The first-order chi connectivity index (χ1) is 10.3. The molecule has 0 aromatic carbocycles. The summed E-state index contributed by atoms with van der Waals surface area (Å²) in [5.41, 5.74) is 5.69. The van der Waals surface area contributed by atoms with Crippen LogP contribution in [0.25, 0.3) is 0 Å². The average molecular weight is 312 g/mol. The topological polar surface area (TPSA) is 105 Å². The van der Waals surface area contributed by atoms with Gasteiger partial charge in [-0.3, -0.25) is 14.4 Å². The lowest BCUT2D eigenvalue weighted by Gasteiger charge is -2.29. The number of nitrogens with one attached hydrogen (secondary N) is 2. The standard InChI is InChI=1S/C15H28N4O3/c1-10(2)13(16)14(21)17-9-12(20)18-11(3)15(22)19-7-5-4-6-8-19/h10-11,13H,4-9,16H2,1-3H3,(H,17,21)(H,18,20)/t11-,13-/m0/s1. The molecule has 126 valence electrons. The summed E-state index contributed by atoms with van der Waals surface area (Å²) in [6, 6.07) is -1.22. The molecule has 7 heteroatoms. The van der Waals surface area contributed by atoms with Crippen molar-refractivity contribution in [3.63, 3.8) is 0 Å². The highest BCUT2D eigenvalue weighted by Gasteiger charge is 2.24. The van der Waals surface area contributed by atoms with Gasteiger partial charge in [0.2, 0.25) is 17.7 Å². The number of piperidine rings is 1. The Balaban J connectivity index is 2.34. The molecular weight excluding hydrogens is 284 g/mol. The van der Waals surface area contributed by atoms with Crippen LogP contribution < -0.4 is 16.4 Å². The lowest BCUT2D eigenvalue weighted by Crippen LogP contribution is -2.52. The molecule has 22 heavy (non-hydrogen) atoms. The van der Waals surface area contributed by atoms with Crippen LogP contribution in [0.2, 0.25) is 0 Å². The Labute approximate surface area is 132 Å². The van der Waals surface area contributed by atoms with Crippen LogP contribution in [0.15, 0.2) is 0 Å². The highest BCUT2D eigenvalue weighted by molar-refractivity contribution is 5.90. The third-order valence-corrected chi connectivity index (χ3v) is 3.86. The summed E-state index contributed by atoms with van der Waals surface area (Å²) in [7, 11) is 0. The number of rotatable bonds is 6. The van der Waals surface area contributed by atoms with Crippen LogP contribution in [0.1, 0.15) is 40.0 Å². The predicted molar refractivity (Wildman–Crippen MR) is 83.9 cm³/mol. The summed E-state index contributed by atoms with van der Waals surface area (Å²) in [6.07, 6.45) is 3.16. The maximum Gasteiger partial charge on any atom is 0.244 e. The van der Waals surface area contributed by atoms with Gasteiger partial charge in [0, 0.05) is 13.1 Å². The van der Waals surface area contributed by atoms with Gasteiger partial charge in [-0.1, -0.05) is 13.8 Å². The Bertz CT molecular complexity index is 406. The molecule has 0 spiro atoms. The van der Waals surface area contributed by atoms with Crippen LogP contribution in [-0.4, -0.2) is 54.3 Å². The molecule has 0 bridgehead atoms. The molecular formula is C15H28N4O3. The maximum atomic E-state index is 12.2. The minimum absolute atomic E-state index is 0.00247. The lowest BCUT2D eigenvalue weighted by molar-refractivity contribution is -0.136. The van der Waals surface area contributed by atoms with Gasteiger partial charge in [0.1, 0.15) is 6.04 Å². The van der Waals surface area contributed by atoms with Crippen LogP contribution >= 0.6 is 0 Å². The summed E-state index contributed by atoms with van der Waals surface area (Å²) in [5, 5.41) is 5.10. The number of nitrogens with zero attached hydrogens (tertiary/aromatic N) is 1. The van der Waals surface area contributed by atoms with Crippen molar-refractivity contribution in [3.8, 4) is 0 Å². The van der Waals surface area contributed by atoms with E-state index in [1.54, 1.807) is 11.8 Å². The quantitative estimate of drug-likeness (QED) is 0.621. The largest absolute Gasteiger partial charge is 0.346 e. The van der Waals surface area contributed by atoms with Crippen LogP contribution in [0.3, 0.4) is 0 Å². The Morgan fingerprint density at radius 1 is 1.09 bits per heavy atom. The SMILES string of the molecule is CC(C)[C@H](N)C(=O)NCC(=O)N[C@@H](C)C(=O)N1CCCCC1. The second-order valence-corrected chi connectivity index (χ2v) is 6.16. The van der Waals surface area contributed by atoms with E-state index in [1.165, 1.54) is 0 Å². The maximum absolute atomic E-state index is 12.2. The van der Waals surface area contributed by atoms with E-state index in [4.69, 9.17) is 5.73 Å². The van der Waals surface area contributed by atoms with E-state index in [9.17, 15) is 14.4 Å². The Hall–Kier alpha value is -1.63. The Kier molecular flexibility index (Phi) is 7.31. The van der Waals surface area contributed by atoms with E-state index >= 15 is 0 Å². The van der Waals surface area contributed by atoms with Crippen LogP contribution in [0, 0.1) is 5.92 Å². The van der Waals surface area contributed by atoms with E-state index < -0.39 is 12.1 Å². The number of likely N-dealkylation sites (tertiary alicyclic amines) is 1. The molecule has 1 heterocycles. The molecule has 0 saturated carbocycles. The molecule has 3 amide bonds. The minimum atomic E-state index is -0.639. The highest BCUT2D eigenvalue weighted by Crippen LogP contribution is 2.09. The van der Waals surface area contributed by atoms with Gasteiger partial charge in [0.15, 0.2) is 0 Å². The van der Waals surface area contributed by atoms with Gasteiger partial charge in [0.25, 0.3) is 0 Å². The number of carbonyl (C=O) groups is 3. The van der Waals surface area contributed by atoms with E-state index in [0.29, 0.717) is 0 Å². The molecule has 0 unspecified atom stereocenters. The van der Waals surface area contributed by atoms with Crippen LogP contribution in [-0.2, 0) is 14.4 Å². The van der Waals surface area contributed by atoms with Crippen molar-refractivity contribution >= 4 is 17.7 Å². The first-order valence-corrected chi connectivity index (χ1v) is 7.94. The third-order valence-electron chi connectivity index (χ3n) is 3.86. The van der Waals surface area contributed by atoms with E-state index in [-0.39, 0.29) is 30.2 Å². The first kappa shape index (κ1) is 18.4. The summed E-state index contributed by atoms with van der Waals surface area (Å²) in [5.74, 6) is -0.816. The fraction of sp³-hybridized carbons (Fsp3) is 0.800. The zero-order valence-corrected chi connectivity index (χ0v) is 13.7. The molecule has 0 radical (unpaired) electrons. The van der Waals surface area contributed by atoms with Crippen LogP contribution in [0.4, 0.5) is 0 Å². The van der Waals surface area contributed by atoms with Crippen molar-refractivity contribution in [2.75, 3.05) is 19.6 Å². The zero-order chi connectivity index (χ0) is 16.7. The second-order valence-electron chi connectivity index (χ2n) is 6.16. The van der Waals surface area contributed by atoms with Gasteiger partial charge < -0.3 is 21.3 Å². The fourth-order valence-corrected chi connectivity index (χ4v) is 2.33. The molecule has 7 nitrogen and oxygen atoms in total. The molecule has 1 saturated heterocycles. The summed E-state index contributed by atoms with van der Waals surface area (Å²) < 4.78 is 0. The van der Waals surface area contributed by atoms with E-state index in [1.807, 2.05) is 13.8 Å². The lowest BCUT2D eigenvalue weighted by atomic mass is 10.1. The van der Waals surface area contributed by atoms with E-state index in [2.05, 4.69) is 10.6 Å². The molecule has 0 aliphatic carbocycles. The van der Waals surface area contributed by atoms with Crippen molar-refractivity contribution in [3.05, 3.63) is 0 Å². The number of nitrogens with two attached hydrogens (primary N) is 1. The normalized spacial score (nSPS) is 17.8. The van der Waals surface area contributed by atoms with Gasteiger partial charge in [-0.15, -0.1) is 0 Å². The first-order valence-electron chi connectivity index (χ1n) is 7.94. The van der Waals surface area contributed by atoms with Crippen molar-refractivity contribution in [2.24, 2.45) is 11.7 Å². The molecule has 1 fully saturated rings. The Morgan fingerprint density at radius 2 is 1.68 bits per heavy atom. The van der Waals surface area contributed by atoms with Gasteiger partial charge in [-0.25, -0.2) is 0 Å². The summed E-state index contributed by atoms with van der Waals surface area (Å²) >= 11 is 0. The molecule has 1 aliphatic heterocycles. The highest BCUT2D eigenvalue weighted by atomic mass is 16.2. The van der Waals surface area contributed by atoms with Crippen molar-refractivity contribution < 1.29 is 14.4 Å².